The fourth-order valence-corrected chi connectivity index (χ4v) is 4.21. The molecule has 0 fully saturated rings. The van der Waals surface area contributed by atoms with Gasteiger partial charge in [-0.25, -0.2) is 0 Å². The maximum Gasteiger partial charge on any atom is 0.321 e. The lowest BCUT2D eigenvalue weighted by atomic mass is 10.3. The minimum atomic E-state index is -1.84. The Bertz CT molecular complexity index is 181. The Morgan fingerprint density at radius 2 is 2.00 bits per heavy atom. The van der Waals surface area contributed by atoms with E-state index in [-0.39, 0.29) is 0 Å². The van der Waals surface area contributed by atoms with Gasteiger partial charge in [-0.2, -0.15) is 11.8 Å². The third kappa shape index (κ3) is 2.24. The van der Waals surface area contributed by atoms with Crippen molar-refractivity contribution in [3.63, 3.8) is 0 Å². The average Bonchev–Trinajstić information content (AvgIpc) is 1.85. The van der Waals surface area contributed by atoms with Crippen LogP contribution in [0.5, 0.6) is 0 Å². The fraction of sp³-hybridized carbons (Fsp3) is 0.857. The molecular formula is C7H17NO2SSi. The van der Waals surface area contributed by atoms with Crippen molar-refractivity contribution in [3.8, 4) is 0 Å². The number of hydrogen-bond donors (Lipinski definition) is 2. The minimum Gasteiger partial charge on any atom is -0.480 e. The molecule has 0 aromatic heterocycles. The standard InChI is InChI=1S/C7H17NO2SSi/c1-11-5-7(8,6(9)10)12(2,3)4/h5,8H2,1-4H3,(H,9,10)/t7-/m1/s1. The zero-order valence-corrected chi connectivity index (χ0v) is 9.86. The summed E-state index contributed by atoms with van der Waals surface area (Å²) in [6.45, 7) is 5.95. The van der Waals surface area contributed by atoms with Crippen molar-refractivity contribution in [2.45, 2.75) is 24.8 Å². The van der Waals surface area contributed by atoms with Crippen molar-refractivity contribution in [2.75, 3.05) is 12.0 Å². The summed E-state index contributed by atoms with van der Waals surface area (Å²) in [5.41, 5.74) is 5.87. The van der Waals surface area contributed by atoms with Crippen LogP contribution in [0.1, 0.15) is 0 Å². The molecule has 0 heterocycles. The van der Waals surface area contributed by atoms with E-state index in [1.165, 1.54) is 11.8 Å². The van der Waals surface area contributed by atoms with Gasteiger partial charge >= 0.3 is 5.97 Å². The molecule has 1 atom stereocenters. The van der Waals surface area contributed by atoms with Gasteiger partial charge in [-0.15, -0.1) is 0 Å². The zero-order valence-electron chi connectivity index (χ0n) is 8.05. The van der Waals surface area contributed by atoms with Gasteiger partial charge in [0.1, 0.15) is 5.16 Å². The van der Waals surface area contributed by atoms with Crippen molar-refractivity contribution in [1.29, 1.82) is 0 Å². The number of carbonyl (C=O) groups is 1. The largest absolute Gasteiger partial charge is 0.480 e. The van der Waals surface area contributed by atoms with Crippen molar-refractivity contribution in [1.82, 2.24) is 0 Å². The number of hydrogen-bond acceptors (Lipinski definition) is 3. The third-order valence-corrected chi connectivity index (χ3v) is 6.16. The van der Waals surface area contributed by atoms with Crippen LogP contribution in [0.25, 0.3) is 0 Å². The van der Waals surface area contributed by atoms with E-state index in [1.807, 2.05) is 25.9 Å². The monoisotopic (exact) mass is 207 g/mol. The summed E-state index contributed by atoms with van der Waals surface area (Å²) >= 11 is 1.49. The van der Waals surface area contributed by atoms with Crippen LogP contribution in [0.2, 0.25) is 19.6 Å². The van der Waals surface area contributed by atoms with Crippen LogP contribution in [0.4, 0.5) is 0 Å². The minimum absolute atomic E-state index is 0.498. The number of carboxylic acid groups (broad SMARTS) is 1. The molecule has 0 aromatic rings. The molecule has 0 unspecified atom stereocenters. The van der Waals surface area contributed by atoms with Crippen LogP contribution in [0.15, 0.2) is 0 Å². The van der Waals surface area contributed by atoms with E-state index in [1.54, 1.807) is 0 Å². The lowest BCUT2D eigenvalue weighted by Gasteiger charge is -2.35. The van der Waals surface area contributed by atoms with Gasteiger partial charge in [-0.3, -0.25) is 4.79 Å². The van der Waals surface area contributed by atoms with Crippen LogP contribution in [-0.4, -0.2) is 36.3 Å². The van der Waals surface area contributed by atoms with Gasteiger partial charge in [-0.1, -0.05) is 19.6 Å². The molecule has 0 aromatic carbocycles. The molecule has 0 aliphatic heterocycles. The van der Waals surface area contributed by atoms with E-state index >= 15 is 0 Å². The number of thioether (sulfide) groups is 1. The Morgan fingerprint density at radius 3 is 2.08 bits per heavy atom. The van der Waals surface area contributed by atoms with Gasteiger partial charge in [0.05, 0.1) is 8.07 Å². The number of nitrogens with two attached hydrogens (primary N) is 1. The van der Waals surface area contributed by atoms with Crippen LogP contribution in [0.3, 0.4) is 0 Å². The summed E-state index contributed by atoms with van der Waals surface area (Å²) in [5, 5.41) is 8.00. The molecule has 0 aliphatic rings. The Morgan fingerprint density at radius 1 is 1.58 bits per heavy atom. The fourth-order valence-electron chi connectivity index (χ4n) is 0.827. The summed E-state index contributed by atoms with van der Waals surface area (Å²) in [6.07, 6.45) is 1.88. The van der Waals surface area contributed by atoms with Gasteiger partial charge in [0.25, 0.3) is 0 Å². The molecule has 0 saturated heterocycles. The van der Waals surface area contributed by atoms with Crippen molar-refractivity contribution in [2.24, 2.45) is 5.73 Å². The lowest BCUT2D eigenvalue weighted by molar-refractivity contribution is -0.139. The Kier molecular flexibility index (Phi) is 3.80. The molecule has 72 valence electrons. The predicted octanol–water partition coefficient (Wildman–Crippen LogP) is 1.01. The maximum absolute atomic E-state index is 11.0. The number of aliphatic carboxylic acids is 1. The first-order valence-electron chi connectivity index (χ1n) is 3.77. The highest BCUT2D eigenvalue weighted by molar-refractivity contribution is 7.98. The van der Waals surface area contributed by atoms with Crippen LogP contribution in [0, 0.1) is 0 Å². The Labute approximate surface area is 78.7 Å². The highest BCUT2D eigenvalue weighted by Gasteiger charge is 2.46. The molecule has 3 N–H and O–H groups in total. The van der Waals surface area contributed by atoms with Crippen LogP contribution >= 0.6 is 11.8 Å². The maximum atomic E-state index is 11.0. The van der Waals surface area contributed by atoms with E-state index in [9.17, 15) is 4.79 Å². The first kappa shape index (κ1) is 12.0. The molecule has 0 rings (SSSR count). The normalized spacial score (nSPS) is 17.1. The molecule has 3 nitrogen and oxygen atoms in total. The molecule has 0 aliphatic carbocycles. The summed E-state index contributed by atoms with van der Waals surface area (Å²) < 4.78 is 0. The quantitative estimate of drug-likeness (QED) is 0.675. The van der Waals surface area contributed by atoms with Crippen molar-refractivity contribution >= 4 is 25.8 Å². The first-order valence-corrected chi connectivity index (χ1v) is 8.66. The molecule has 0 spiro atoms. The molecule has 0 amide bonds. The van der Waals surface area contributed by atoms with E-state index in [0.717, 1.165) is 0 Å². The average molecular weight is 207 g/mol. The predicted molar refractivity (Wildman–Crippen MR) is 56.3 cm³/mol. The third-order valence-electron chi connectivity index (χ3n) is 2.09. The Hall–Kier alpha value is -0.00312. The number of carboxylic acids is 1. The highest BCUT2D eigenvalue weighted by atomic mass is 32.2. The van der Waals surface area contributed by atoms with Crippen molar-refractivity contribution < 1.29 is 9.90 Å². The highest BCUT2D eigenvalue weighted by Crippen LogP contribution is 2.22. The molecule has 5 heteroatoms. The van der Waals surface area contributed by atoms with Crippen molar-refractivity contribution in [3.05, 3.63) is 0 Å². The summed E-state index contributed by atoms with van der Waals surface area (Å²) in [7, 11) is -1.84. The first-order chi connectivity index (χ1) is 5.25. The lowest BCUT2D eigenvalue weighted by Crippen LogP contribution is -2.66. The second-order valence-electron chi connectivity index (χ2n) is 3.96. The summed E-state index contributed by atoms with van der Waals surface area (Å²) in [6, 6.07) is 0. The molecule has 12 heavy (non-hydrogen) atoms. The van der Waals surface area contributed by atoms with E-state index in [4.69, 9.17) is 10.8 Å². The van der Waals surface area contributed by atoms with E-state index in [0.29, 0.717) is 5.75 Å². The van der Waals surface area contributed by atoms with Gasteiger partial charge in [-0.05, 0) is 6.26 Å². The van der Waals surface area contributed by atoms with E-state index < -0.39 is 19.2 Å². The van der Waals surface area contributed by atoms with Gasteiger partial charge in [0, 0.05) is 5.75 Å². The molecule has 0 radical (unpaired) electrons. The Balaban J connectivity index is 4.75. The van der Waals surface area contributed by atoms with Gasteiger partial charge < -0.3 is 10.8 Å². The summed E-state index contributed by atoms with van der Waals surface area (Å²) in [4.78, 5) is 11.0. The van der Waals surface area contributed by atoms with Crippen LogP contribution < -0.4 is 5.73 Å². The number of rotatable bonds is 4. The second-order valence-corrected chi connectivity index (χ2v) is 10.2. The van der Waals surface area contributed by atoms with Gasteiger partial charge in [0.15, 0.2) is 0 Å². The zero-order chi connectivity index (χ0) is 9.99. The SMILES string of the molecule is CSC[C@](N)(C(=O)O)[Si](C)(C)C. The van der Waals surface area contributed by atoms with Crippen LogP contribution in [-0.2, 0) is 4.79 Å². The van der Waals surface area contributed by atoms with Gasteiger partial charge in [0.2, 0.25) is 0 Å². The summed E-state index contributed by atoms with van der Waals surface area (Å²) in [5.74, 6) is -0.367. The smallest absolute Gasteiger partial charge is 0.321 e. The molecule has 0 bridgehead atoms. The molecular weight excluding hydrogens is 190 g/mol. The topological polar surface area (TPSA) is 63.3 Å². The molecule has 0 saturated carbocycles. The van der Waals surface area contributed by atoms with E-state index in [2.05, 4.69) is 0 Å². The second kappa shape index (κ2) is 3.80.